The molecule has 2 amide bonds. The zero-order valence-corrected chi connectivity index (χ0v) is 20.7. The number of hydrogen-bond donors (Lipinski definition) is 2. The number of ether oxygens (including phenoxy) is 2. The molecule has 2 atom stereocenters. The molecule has 0 spiro atoms. The van der Waals surface area contributed by atoms with Crippen molar-refractivity contribution in [3.05, 3.63) is 78.1 Å². The Bertz CT molecular complexity index is 1130. The molecule has 1 aliphatic rings. The molecule has 2 N–H and O–H groups in total. The van der Waals surface area contributed by atoms with Gasteiger partial charge in [0.2, 0.25) is 5.91 Å². The summed E-state index contributed by atoms with van der Waals surface area (Å²) < 4.78 is 12.9. The number of nitrogens with one attached hydrogen (secondary N) is 2. The third-order valence-electron chi connectivity index (χ3n) is 6.07. The predicted octanol–water partition coefficient (Wildman–Crippen LogP) is 2.61. The largest absolute Gasteiger partial charge is 0.492 e. The van der Waals surface area contributed by atoms with Crippen molar-refractivity contribution in [2.75, 3.05) is 32.1 Å². The SMILES string of the molecule is Cc1ccc(OCCN(C)C(=O)Cn2cc(NC(=O)[C@@H]3C[C@@H](NCc4ccccc4)CO3)cn2)cc1. The smallest absolute Gasteiger partial charge is 0.253 e. The van der Waals surface area contributed by atoms with E-state index in [1.807, 2.05) is 49.4 Å². The first kappa shape index (κ1) is 25.4. The van der Waals surface area contributed by atoms with E-state index in [9.17, 15) is 9.59 Å². The van der Waals surface area contributed by atoms with Crippen molar-refractivity contribution in [1.82, 2.24) is 20.0 Å². The van der Waals surface area contributed by atoms with E-state index in [1.54, 1.807) is 18.1 Å². The monoisotopic (exact) mass is 491 g/mol. The minimum absolute atomic E-state index is 0.0717. The second kappa shape index (κ2) is 12.3. The molecule has 1 saturated heterocycles. The predicted molar refractivity (Wildman–Crippen MR) is 137 cm³/mol. The maximum atomic E-state index is 12.6. The van der Waals surface area contributed by atoms with Gasteiger partial charge in [0.05, 0.1) is 25.0 Å². The number of carbonyl (C=O) groups excluding carboxylic acids is 2. The highest BCUT2D eigenvalue weighted by Crippen LogP contribution is 2.17. The first-order valence-corrected chi connectivity index (χ1v) is 12.1. The second-order valence-electron chi connectivity index (χ2n) is 9.01. The summed E-state index contributed by atoms with van der Waals surface area (Å²) in [4.78, 5) is 26.8. The molecule has 3 aromatic rings. The summed E-state index contributed by atoms with van der Waals surface area (Å²) in [6, 6.07) is 18.0. The molecule has 9 nitrogen and oxygen atoms in total. The van der Waals surface area contributed by atoms with Crippen LogP contribution in [0.15, 0.2) is 67.0 Å². The van der Waals surface area contributed by atoms with Crippen molar-refractivity contribution >= 4 is 17.5 Å². The van der Waals surface area contributed by atoms with E-state index < -0.39 is 6.10 Å². The summed E-state index contributed by atoms with van der Waals surface area (Å²) in [5.74, 6) is 0.462. The lowest BCUT2D eigenvalue weighted by Crippen LogP contribution is -2.33. The summed E-state index contributed by atoms with van der Waals surface area (Å²) in [7, 11) is 1.73. The van der Waals surface area contributed by atoms with Crippen molar-refractivity contribution in [3.63, 3.8) is 0 Å². The molecule has 4 rings (SSSR count). The molecule has 1 aromatic heterocycles. The van der Waals surface area contributed by atoms with Gasteiger partial charge in [-0.3, -0.25) is 14.3 Å². The normalized spacial score (nSPS) is 17.1. The molecule has 9 heteroatoms. The van der Waals surface area contributed by atoms with E-state index in [0.717, 1.165) is 12.3 Å². The molecule has 36 heavy (non-hydrogen) atoms. The van der Waals surface area contributed by atoms with E-state index in [1.165, 1.54) is 22.0 Å². The van der Waals surface area contributed by atoms with Crippen LogP contribution >= 0.6 is 0 Å². The number of carbonyl (C=O) groups is 2. The second-order valence-corrected chi connectivity index (χ2v) is 9.01. The van der Waals surface area contributed by atoms with Gasteiger partial charge >= 0.3 is 0 Å². The lowest BCUT2D eigenvalue weighted by Gasteiger charge is -2.17. The van der Waals surface area contributed by atoms with Gasteiger partial charge in [-0.2, -0.15) is 5.10 Å². The minimum atomic E-state index is -0.525. The van der Waals surface area contributed by atoms with Crippen molar-refractivity contribution in [2.24, 2.45) is 0 Å². The van der Waals surface area contributed by atoms with Crippen LogP contribution in [0, 0.1) is 6.92 Å². The lowest BCUT2D eigenvalue weighted by atomic mass is 10.1. The first-order valence-electron chi connectivity index (χ1n) is 12.1. The summed E-state index contributed by atoms with van der Waals surface area (Å²) in [5, 5.41) is 10.5. The van der Waals surface area contributed by atoms with Crippen LogP contribution in [0.3, 0.4) is 0 Å². The fourth-order valence-corrected chi connectivity index (χ4v) is 3.87. The van der Waals surface area contributed by atoms with Crippen molar-refractivity contribution < 1.29 is 19.1 Å². The van der Waals surface area contributed by atoms with Gasteiger partial charge in [0.25, 0.3) is 5.91 Å². The molecule has 0 radical (unpaired) electrons. The number of benzene rings is 2. The maximum Gasteiger partial charge on any atom is 0.253 e. The Labute approximate surface area is 211 Å². The highest BCUT2D eigenvalue weighted by atomic mass is 16.5. The summed E-state index contributed by atoms with van der Waals surface area (Å²) in [6.07, 6.45) is 3.25. The van der Waals surface area contributed by atoms with Crippen LogP contribution in [0.5, 0.6) is 5.75 Å². The van der Waals surface area contributed by atoms with Crippen LogP contribution in [0.4, 0.5) is 5.69 Å². The van der Waals surface area contributed by atoms with Gasteiger partial charge in [0, 0.05) is 32.3 Å². The molecular formula is C27H33N5O4. The molecular weight excluding hydrogens is 458 g/mol. The van der Waals surface area contributed by atoms with Crippen LogP contribution in [0.1, 0.15) is 17.5 Å². The zero-order chi connectivity index (χ0) is 25.3. The summed E-state index contributed by atoms with van der Waals surface area (Å²) in [5.41, 5.74) is 2.89. The Hall–Kier alpha value is -3.69. The first-order chi connectivity index (χ1) is 17.5. The molecule has 0 bridgehead atoms. The van der Waals surface area contributed by atoms with E-state index in [2.05, 4.69) is 27.9 Å². The van der Waals surface area contributed by atoms with Gasteiger partial charge in [-0.15, -0.1) is 0 Å². The van der Waals surface area contributed by atoms with E-state index in [0.29, 0.717) is 31.9 Å². The number of rotatable bonds is 11. The Kier molecular flexibility index (Phi) is 8.70. The molecule has 1 fully saturated rings. The van der Waals surface area contributed by atoms with Crippen LogP contribution in [-0.2, 0) is 27.4 Å². The molecule has 190 valence electrons. The third-order valence-corrected chi connectivity index (χ3v) is 6.07. The lowest BCUT2D eigenvalue weighted by molar-refractivity contribution is -0.131. The Morgan fingerprint density at radius 3 is 2.72 bits per heavy atom. The van der Waals surface area contributed by atoms with Crippen LogP contribution < -0.4 is 15.4 Å². The number of nitrogens with zero attached hydrogens (tertiary/aromatic N) is 3. The molecule has 1 aliphatic heterocycles. The minimum Gasteiger partial charge on any atom is -0.492 e. The van der Waals surface area contributed by atoms with Crippen molar-refractivity contribution in [2.45, 2.75) is 38.6 Å². The van der Waals surface area contributed by atoms with Crippen LogP contribution in [-0.4, -0.2) is 65.4 Å². The molecule has 0 unspecified atom stereocenters. The van der Waals surface area contributed by atoms with E-state index in [-0.39, 0.29) is 24.4 Å². The fourth-order valence-electron chi connectivity index (χ4n) is 3.87. The van der Waals surface area contributed by atoms with E-state index >= 15 is 0 Å². The standard InChI is InChI=1S/C27H33N5O4/c1-20-8-10-24(11-9-20)35-13-12-31(2)26(33)18-32-17-23(16-29-32)30-27(34)25-14-22(19-36-25)28-15-21-6-4-3-5-7-21/h3-11,16-17,22,25,28H,12-15,18-19H2,1-2H3,(H,30,34)/t22-,25+/m1/s1. The average molecular weight is 492 g/mol. The fraction of sp³-hybridized carbons (Fsp3) is 0.370. The van der Waals surface area contributed by atoms with Crippen molar-refractivity contribution in [1.29, 1.82) is 0 Å². The van der Waals surface area contributed by atoms with Gasteiger partial charge in [0.1, 0.15) is 25.0 Å². The van der Waals surface area contributed by atoms with E-state index in [4.69, 9.17) is 9.47 Å². The number of aryl methyl sites for hydroxylation is 1. The molecule has 2 heterocycles. The molecule has 2 aromatic carbocycles. The maximum absolute atomic E-state index is 12.6. The quantitative estimate of drug-likeness (QED) is 0.428. The van der Waals surface area contributed by atoms with Gasteiger partial charge in [-0.25, -0.2) is 0 Å². The Morgan fingerprint density at radius 2 is 1.94 bits per heavy atom. The third kappa shape index (κ3) is 7.40. The number of likely N-dealkylation sites (N-methyl/N-ethyl adjacent to an activating group) is 1. The number of anilines is 1. The summed E-state index contributed by atoms with van der Waals surface area (Å²) >= 11 is 0. The Balaban J connectivity index is 1.17. The van der Waals surface area contributed by atoms with Crippen LogP contribution in [0.25, 0.3) is 0 Å². The van der Waals surface area contributed by atoms with Gasteiger partial charge < -0.3 is 25.0 Å². The average Bonchev–Trinajstić information content (AvgIpc) is 3.54. The molecule has 0 aliphatic carbocycles. The topological polar surface area (TPSA) is 97.7 Å². The van der Waals surface area contributed by atoms with Crippen molar-refractivity contribution in [3.8, 4) is 5.75 Å². The highest BCUT2D eigenvalue weighted by Gasteiger charge is 2.30. The van der Waals surface area contributed by atoms with Gasteiger partial charge in [-0.1, -0.05) is 48.0 Å². The van der Waals surface area contributed by atoms with Gasteiger partial charge in [-0.05, 0) is 24.6 Å². The summed E-state index contributed by atoms with van der Waals surface area (Å²) in [6.45, 7) is 4.16. The van der Waals surface area contributed by atoms with Gasteiger partial charge in [0.15, 0.2) is 0 Å². The number of hydrogen-bond acceptors (Lipinski definition) is 6. The van der Waals surface area contributed by atoms with Crippen LogP contribution in [0.2, 0.25) is 0 Å². The number of amides is 2. The number of aromatic nitrogens is 2. The Morgan fingerprint density at radius 1 is 1.17 bits per heavy atom. The molecule has 0 saturated carbocycles. The zero-order valence-electron chi connectivity index (χ0n) is 20.7. The highest BCUT2D eigenvalue weighted by molar-refractivity contribution is 5.94.